The molecular formula is C34H44ClN7O4. The molecule has 3 atom stereocenters. The molecule has 0 radical (unpaired) electrons. The Kier molecular flexibility index (Phi) is 9.57. The maximum atomic E-state index is 13.3. The number of nitriles is 1. The Balaban J connectivity index is 0.918. The molecule has 1 aliphatic carbocycles. The Bertz CT molecular complexity index is 1430. The van der Waals surface area contributed by atoms with E-state index >= 15 is 0 Å². The fraction of sp³-hybridized carbons (Fsp3) is 0.618. The van der Waals surface area contributed by atoms with Crippen molar-refractivity contribution in [1.29, 1.82) is 5.26 Å². The molecule has 46 heavy (non-hydrogen) atoms. The number of ether oxygens (including phenoxy) is 2. The zero-order valence-corrected chi connectivity index (χ0v) is 27.8. The van der Waals surface area contributed by atoms with Gasteiger partial charge in [0.1, 0.15) is 28.9 Å². The second kappa shape index (κ2) is 13.6. The summed E-state index contributed by atoms with van der Waals surface area (Å²) in [6.07, 6.45) is 7.15. The molecule has 4 aliphatic rings. The minimum absolute atomic E-state index is 0.0599. The Morgan fingerprint density at radius 1 is 0.978 bits per heavy atom. The Labute approximate surface area is 276 Å². The molecule has 11 nitrogen and oxygen atoms in total. The number of anilines is 1. The summed E-state index contributed by atoms with van der Waals surface area (Å²) in [5.41, 5.74) is 0.361. The minimum Gasteiger partial charge on any atom is -0.490 e. The van der Waals surface area contributed by atoms with E-state index in [1.807, 2.05) is 30.6 Å². The molecule has 2 aromatic rings. The van der Waals surface area contributed by atoms with Crippen LogP contribution in [0.3, 0.4) is 0 Å². The summed E-state index contributed by atoms with van der Waals surface area (Å²) in [5, 5.41) is 9.49. The fourth-order valence-electron chi connectivity index (χ4n) is 7.26. The molecule has 4 fully saturated rings. The van der Waals surface area contributed by atoms with Crippen molar-refractivity contribution in [2.75, 3.05) is 63.8 Å². The van der Waals surface area contributed by atoms with Crippen LogP contribution in [-0.4, -0.2) is 107 Å². The minimum atomic E-state index is -0.469. The van der Waals surface area contributed by atoms with Crippen molar-refractivity contribution in [2.45, 2.75) is 58.2 Å². The third kappa shape index (κ3) is 7.67. The van der Waals surface area contributed by atoms with Crippen LogP contribution in [0.4, 0.5) is 10.6 Å². The van der Waals surface area contributed by atoms with Gasteiger partial charge in [-0.05, 0) is 76.3 Å². The summed E-state index contributed by atoms with van der Waals surface area (Å²) < 4.78 is 11.7. The van der Waals surface area contributed by atoms with E-state index in [4.69, 9.17) is 26.3 Å². The van der Waals surface area contributed by atoms with Gasteiger partial charge < -0.3 is 24.2 Å². The second-order valence-corrected chi connectivity index (χ2v) is 14.6. The summed E-state index contributed by atoms with van der Waals surface area (Å²) in [7, 11) is 0. The second-order valence-electron chi connectivity index (χ2n) is 14.2. The molecular weight excluding hydrogens is 606 g/mol. The number of amides is 2. The van der Waals surface area contributed by atoms with Gasteiger partial charge in [-0.3, -0.25) is 9.69 Å². The molecule has 6 rings (SSSR count). The average Bonchev–Trinajstić information content (AvgIpc) is 3.60. The van der Waals surface area contributed by atoms with Crippen LogP contribution >= 0.6 is 11.6 Å². The Morgan fingerprint density at radius 3 is 2.26 bits per heavy atom. The van der Waals surface area contributed by atoms with Crippen molar-refractivity contribution in [2.24, 2.45) is 17.8 Å². The van der Waals surface area contributed by atoms with Gasteiger partial charge in [-0.25, -0.2) is 14.8 Å². The van der Waals surface area contributed by atoms with E-state index in [-0.39, 0.29) is 18.1 Å². The third-order valence-electron chi connectivity index (χ3n) is 9.69. The molecule has 1 aromatic heterocycles. The van der Waals surface area contributed by atoms with Crippen molar-refractivity contribution in [3.8, 4) is 11.8 Å². The number of hydrogen-bond acceptors (Lipinski definition) is 9. The lowest BCUT2D eigenvalue weighted by Gasteiger charge is -2.39. The number of carbonyl (C=O) groups is 2. The highest BCUT2D eigenvalue weighted by Gasteiger charge is 2.43. The zero-order chi connectivity index (χ0) is 32.4. The summed E-state index contributed by atoms with van der Waals surface area (Å²) in [4.78, 5) is 43.3. The highest BCUT2D eigenvalue weighted by Crippen LogP contribution is 2.40. The number of fused-ring (bicyclic) bond motifs is 1. The number of piperazine rings is 1. The summed E-state index contributed by atoms with van der Waals surface area (Å²) in [5.74, 6) is 2.84. The number of nitrogens with zero attached hydrogens (tertiary/aromatic N) is 7. The van der Waals surface area contributed by atoms with Crippen LogP contribution in [0.2, 0.25) is 5.02 Å². The number of hydrogen-bond donors (Lipinski definition) is 0. The lowest BCUT2D eigenvalue weighted by Crippen LogP contribution is -2.51. The van der Waals surface area contributed by atoms with Gasteiger partial charge in [0, 0.05) is 65.0 Å². The van der Waals surface area contributed by atoms with E-state index in [1.54, 1.807) is 30.6 Å². The molecule has 3 aliphatic heterocycles. The van der Waals surface area contributed by atoms with Crippen LogP contribution in [-0.2, 0) is 4.74 Å². The van der Waals surface area contributed by atoms with Crippen molar-refractivity contribution >= 4 is 29.4 Å². The van der Waals surface area contributed by atoms with Crippen LogP contribution in [0.5, 0.6) is 5.75 Å². The van der Waals surface area contributed by atoms with Crippen molar-refractivity contribution in [1.82, 2.24) is 24.7 Å². The zero-order valence-electron chi connectivity index (χ0n) is 27.0. The standard InChI is InChI=1S/C34H44ClN7O4/c1-34(2,3)46-33(44)41-12-10-39(11-13-41)20-23-6-8-40(9-7-23)31-19-37-30(18-38-31)32(43)42-21-25-14-28(15-26(25)22-42)45-27-5-4-24(17-36)29(35)16-27/h4-5,16,18-19,23,25-26,28H,6-15,20-22H2,1-3H3/t25-,26+,28-. The highest BCUT2D eigenvalue weighted by atomic mass is 35.5. The molecule has 0 unspecified atom stereocenters. The number of benzene rings is 1. The maximum Gasteiger partial charge on any atom is 0.410 e. The van der Waals surface area contributed by atoms with Crippen LogP contribution in [0.1, 0.15) is 62.5 Å². The van der Waals surface area contributed by atoms with Crippen molar-refractivity contribution in [3.63, 3.8) is 0 Å². The first-order chi connectivity index (χ1) is 22.0. The maximum absolute atomic E-state index is 13.3. The highest BCUT2D eigenvalue weighted by molar-refractivity contribution is 6.31. The molecule has 2 amide bonds. The molecule has 0 spiro atoms. The fourth-order valence-corrected chi connectivity index (χ4v) is 7.48. The van der Waals surface area contributed by atoms with E-state index < -0.39 is 5.60 Å². The molecule has 1 saturated carbocycles. The topological polar surface area (TPSA) is 115 Å². The van der Waals surface area contributed by atoms with Gasteiger partial charge in [0.15, 0.2) is 0 Å². The first-order valence-corrected chi connectivity index (χ1v) is 16.9. The van der Waals surface area contributed by atoms with Crippen LogP contribution in [0, 0.1) is 29.1 Å². The first-order valence-electron chi connectivity index (χ1n) is 16.5. The molecule has 4 heterocycles. The van der Waals surface area contributed by atoms with E-state index in [9.17, 15) is 9.59 Å². The number of likely N-dealkylation sites (tertiary alicyclic amines) is 1. The van der Waals surface area contributed by atoms with Gasteiger partial charge in [0.2, 0.25) is 0 Å². The van der Waals surface area contributed by atoms with Gasteiger partial charge in [-0.1, -0.05) is 11.6 Å². The average molecular weight is 650 g/mol. The van der Waals surface area contributed by atoms with E-state index in [2.05, 4.69) is 25.8 Å². The van der Waals surface area contributed by atoms with Gasteiger partial charge in [0.05, 0.1) is 29.1 Å². The van der Waals surface area contributed by atoms with E-state index in [0.29, 0.717) is 66.0 Å². The molecule has 246 valence electrons. The lowest BCUT2D eigenvalue weighted by atomic mass is 9.96. The van der Waals surface area contributed by atoms with Gasteiger partial charge in [-0.15, -0.1) is 0 Å². The quantitative estimate of drug-likeness (QED) is 0.439. The normalized spacial score (nSPS) is 24.1. The van der Waals surface area contributed by atoms with Crippen molar-refractivity contribution < 1.29 is 19.1 Å². The van der Waals surface area contributed by atoms with E-state index in [1.165, 1.54) is 0 Å². The smallest absolute Gasteiger partial charge is 0.410 e. The number of rotatable bonds is 6. The molecule has 0 bridgehead atoms. The largest absolute Gasteiger partial charge is 0.490 e. The Hall–Kier alpha value is -3.62. The molecule has 3 saturated heterocycles. The summed E-state index contributed by atoms with van der Waals surface area (Å²) in [6.45, 7) is 13.1. The first kappa shape index (κ1) is 32.3. The van der Waals surface area contributed by atoms with Crippen LogP contribution in [0.15, 0.2) is 30.6 Å². The molecule has 0 N–H and O–H groups in total. The number of halogens is 1. The predicted octanol–water partition coefficient (Wildman–Crippen LogP) is 4.70. The number of carbonyl (C=O) groups excluding carboxylic acids is 2. The summed E-state index contributed by atoms with van der Waals surface area (Å²) >= 11 is 6.17. The van der Waals surface area contributed by atoms with Crippen molar-refractivity contribution in [3.05, 3.63) is 46.9 Å². The van der Waals surface area contributed by atoms with Gasteiger partial charge in [0.25, 0.3) is 5.91 Å². The Morgan fingerprint density at radius 2 is 1.67 bits per heavy atom. The third-order valence-corrected chi connectivity index (χ3v) is 10.0. The number of aromatic nitrogens is 2. The summed E-state index contributed by atoms with van der Waals surface area (Å²) in [6, 6.07) is 7.24. The van der Waals surface area contributed by atoms with E-state index in [0.717, 1.165) is 64.2 Å². The van der Waals surface area contributed by atoms with Gasteiger partial charge in [-0.2, -0.15) is 5.26 Å². The predicted molar refractivity (Wildman–Crippen MR) is 174 cm³/mol. The monoisotopic (exact) mass is 649 g/mol. The number of piperidine rings is 1. The molecule has 1 aromatic carbocycles. The van der Waals surface area contributed by atoms with Crippen LogP contribution in [0.25, 0.3) is 0 Å². The van der Waals surface area contributed by atoms with Crippen LogP contribution < -0.4 is 9.64 Å². The SMILES string of the molecule is CC(C)(C)OC(=O)N1CCN(CC2CCN(c3cnc(C(=O)N4C[C@H]5C[C@@H](Oc6ccc(C#N)c(Cl)c6)C[C@H]5C4)cn3)CC2)CC1. The van der Waals surface area contributed by atoms with Gasteiger partial charge >= 0.3 is 6.09 Å². The lowest BCUT2D eigenvalue weighted by molar-refractivity contribution is 0.0130. The molecule has 12 heteroatoms.